The number of anilines is 1. The highest BCUT2D eigenvalue weighted by Crippen LogP contribution is 2.43. The first kappa shape index (κ1) is 16.1. The van der Waals surface area contributed by atoms with Crippen LogP contribution in [0.1, 0.15) is 36.4 Å². The summed E-state index contributed by atoms with van der Waals surface area (Å²) in [4.78, 5) is 8.49. The lowest BCUT2D eigenvalue weighted by Gasteiger charge is -2.19. The van der Waals surface area contributed by atoms with Crippen molar-refractivity contribution in [2.24, 2.45) is 0 Å². The van der Waals surface area contributed by atoms with Gasteiger partial charge in [0.1, 0.15) is 23.9 Å². The van der Waals surface area contributed by atoms with Gasteiger partial charge in [-0.1, -0.05) is 37.3 Å². The number of fused-ring (bicyclic) bond motifs is 1. The molecule has 1 saturated carbocycles. The lowest BCUT2D eigenvalue weighted by molar-refractivity contribution is 0.0179. The van der Waals surface area contributed by atoms with Crippen LogP contribution in [0.25, 0.3) is 11.0 Å². The first-order valence-corrected chi connectivity index (χ1v) is 8.62. The highest BCUT2D eigenvalue weighted by atomic mass is 16.3. The number of rotatable bonds is 3. The average molecular weight is 338 g/mol. The molecular formula is C19H22N4O2. The molecule has 25 heavy (non-hydrogen) atoms. The molecule has 2 aromatic heterocycles. The van der Waals surface area contributed by atoms with E-state index in [0.717, 1.165) is 22.9 Å². The molecule has 1 fully saturated rings. The van der Waals surface area contributed by atoms with Gasteiger partial charge < -0.3 is 20.5 Å². The van der Waals surface area contributed by atoms with Gasteiger partial charge in [-0.2, -0.15) is 0 Å². The molecule has 4 rings (SSSR count). The topological polar surface area (TPSA) is 97.2 Å². The largest absolute Gasteiger partial charge is 0.390 e. The van der Waals surface area contributed by atoms with Crippen molar-refractivity contribution in [2.75, 3.05) is 5.73 Å². The fraction of sp³-hybridized carbons (Fsp3) is 0.368. The van der Waals surface area contributed by atoms with Crippen LogP contribution in [0.4, 0.5) is 5.82 Å². The Balaban J connectivity index is 1.78. The van der Waals surface area contributed by atoms with E-state index < -0.39 is 12.2 Å². The number of hydrogen-bond donors (Lipinski definition) is 3. The van der Waals surface area contributed by atoms with Gasteiger partial charge in [-0.3, -0.25) is 0 Å². The van der Waals surface area contributed by atoms with Crippen LogP contribution in [0, 0.1) is 0 Å². The molecule has 4 N–H and O–H groups in total. The van der Waals surface area contributed by atoms with Crippen LogP contribution in [-0.2, 0) is 6.42 Å². The average Bonchev–Trinajstić information content (AvgIpc) is 3.15. The molecular weight excluding hydrogens is 316 g/mol. The first-order chi connectivity index (χ1) is 12.1. The highest BCUT2D eigenvalue weighted by Gasteiger charge is 2.43. The molecule has 0 spiro atoms. The molecule has 0 amide bonds. The number of hydrogen-bond acceptors (Lipinski definition) is 5. The van der Waals surface area contributed by atoms with Crippen molar-refractivity contribution in [1.82, 2.24) is 14.5 Å². The standard InChI is InChI=1S/C19H22N4O2/c1-2-11-9-23(19-15(11)18(20)21-10-22-19)14-8-13(16(24)17(14)25)12-6-4-3-5-7-12/h3-7,9-10,13-14,16-17,24-25H,2,8H2,1H3,(H2,20,21,22)/t13-,14?,16-,17+/m1/s1. The molecule has 4 atom stereocenters. The van der Waals surface area contributed by atoms with Gasteiger partial charge in [-0.25, -0.2) is 9.97 Å². The predicted octanol–water partition coefficient (Wildman–Crippen LogP) is 2.03. The van der Waals surface area contributed by atoms with Gasteiger partial charge in [-0.15, -0.1) is 0 Å². The lowest BCUT2D eigenvalue weighted by Crippen LogP contribution is -2.28. The maximum absolute atomic E-state index is 10.7. The zero-order valence-corrected chi connectivity index (χ0v) is 14.1. The van der Waals surface area contributed by atoms with Crippen molar-refractivity contribution in [3.63, 3.8) is 0 Å². The van der Waals surface area contributed by atoms with Gasteiger partial charge >= 0.3 is 0 Å². The normalized spacial score (nSPS) is 26.4. The summed E-state index contributed by atoms with van der Waals surface area (Å²) in [5.74, 6) is 0.344. The summed E-state index contributed by atoms with van der Waals surface area (Å²) in [6.07, 6.45) is 3.21. The molecule has 0 aliphatic heterocycles. The second-order valence-electron chi connectivity index (χ2n) is 6.67. The van der Waals surface area contributed by atoms with Crippen molar-refractivity contribution < 1.29 is 10.2 Å². The van der Waals surface area contributed by atoms with Crippen molar-refractivity contribution >= 4 is 16.9 Å². The van der Waals surface area contributed by atoms with E-state index in [0.29, 0.717) is 17.9 Å². The van der Waals surface area contributed by atoms with Crippen LogP contribution < -0.4 is 5.73 Å². The molecule has 6 nitrogen and oxygen atoms in total. The van der Waals surface area contributed by atoms with Gasteiger partial charge in [0.25, 0.3) is 0 Å². The number of aryl methyl sites for hydroxylation is 1. The highest BCUT2D eigenvalue weighted by molar-refractivity contribution is 5.89. The van der Waals surface area contributed by atoms with E-state index in [-0.39, 0.29) is 12.0 Å². The third kappa shape index (κ3) is 2.49. The molecule has 130 valence electrons. The minimum Gasteiger partial charge on any atom is -0.390 e. The molecule has 2 heterocycles. The summed E-state index contributed by atoms with van der Waals surface area (Å²) in [6, 6.07) is 9.59. The van der Waals surface area contributed by atoms with E-state index in [2.05, 4.69) is 16.9 Å². The van der Waals surface area contributed by atoms with Gasteiger partial charge in [-0.05, 0) is 24.0 Å². The van der Waals surface area contributed by atoms with E-state index >= 15 is 0 Å². The maximum atomic E-state index is 10.7. The summed E-state index contributed by atoms with van der Waals surface area (Å²) in [5, 5.41) is 22.2. The molecule has 3 aromatic rings. The number of nitrogens with two attached hydrogens (primary N) is 1. The van der Waals surface area contributed by atoms with E-state index in [1.165, 1.54) is 6.33 Å². The third-order valence-corrected chi connectivity index (χ3v) is 5.33. The smallest absolute Gasteiger partial charge is 0.146 e. The Hall–Kier alpha value is -2.44. The van der Waals surface area contributed by atoms with Crippen molar-refractivity contribution in [2.45, 2.75) is 43.9 Å². The quantitative estimate of drug-likeness (QED) is 0.679. The molecule has 1 unspecified atom stereocenters. The predicted molar refractivity (Wildman–Crippen MR) is 96.2 cm³/mol. The molecule has 0 bridgehead atoms. The Morgan fingerprint density at radius 1 is 1.16 bits per heavy atom. The van der Waals surface area contributed by atoms with Crippen LogP contribution in [0.3, 0.4) is 0 Å². The third-order valence-electron chi connectivity index (χ3n) is 5.33. The fourth-order valence-corrected chi connectivity index (χ4v) is 4.02. The molecule has 1 aliphatic rings. The summed E-state index contributed by atoms with van der Waals surface area (Å²) in [6.45, 7) is 2.05. The van der Waals surface area contributed by atoms with Gasteiger partial charge in [0.2, 0.25) is 0 Å². The van der Waals surface area contributed by atoms with Crippen LogP contribution in [0.15, 0.2) is 42.9 Å². The number of aliphatic hydroxyl groups excluding tert-OH is 2. The number of nitrogen functional groups attached to an aromatic ring is 1. The number of aliphatic hydroxyl groups is 2. The fourth-order valence-electron chi connectivity index (χ4n) is 4.02. The molecule has 1 aliphatic carbocycles. The zero-order chi connectivity index (χ0) is 17.6. The summed E-state index contributed by atoms with van der Waals surface area (Å²) < 4.78 is 1.96. The minimum absolute atomic E-state index is 0.108. The number of aromatic nitrogens is 3. The van der Waals surface area contributed by atoms with Crippen molar-refractivity contribution in [3.05, 3.63) is 54.0 Å². The SMILES string of the molecule is CCc1cn(C2C[C@H](c3ccccc3)[C@@H](O)[C@H]2O)c2ncnc(N)c12. The Bertz CT molecular complexity index is 893. The van der Waals surface area contributed by atoms with E-state index in [1.807, 2.05) is 41.1 Å². The molecule has 0 saturated heterocycles. The first-order valence-electron chi connectivity index (χ1n) is 8.62. The Labute approximate surface area is 146 Å². The van der Waals surface area contributed by atoms with Gasteiger partial charge in [0, 0.05) is 12.1 Å². The summed E-state index contributed by atoms with van der Waals surface area (Å²) >= 11 is 0. The van der Waals surface area contributed by atoms with Gasteiger partial charge in [0.15, 0.2) is 0 Å². The Morgan fingerprint density at radius 3 is 2.64 bits per heavy atom. The van der Waals surface area contributed by atoms with E-state index in [1.54, 1.807) is 0 Å². The number of benzene rings is 1. The molecule has 1 aromatic carbocycles. The van der Waals surface area contributed by atoms with Crippen LogP contribution >= 0.6 is 0 Å². The van der Waals surface area contributed by atoms with Crippen LogP contribution in [0.5, 0.6) is 0 Å². The van der Waals surface area contributed by atoms with Gasteiger partial charge in [0.05, 0.1) is 17.5 Å². The maximum Gasteiger partial charge on any atom is 0.146 e. The second kappa shape index (κ2) is 6.13. The van der Waals surface area contributed by atoms with E-state index in [4.69, 9.17) is 5.73 Å². The monoisotopic (exact) mass is 338 g/mol. The van der Waals surface area contributed by atoms with Crippen LogP contribution in [-0.4, -0.2) is 37.0 Å². The Morgan fingerprint density at radius 2 is 1.92 bits per heavy atom. The second-order valence-corrected chi connectivity index (χ2v) is 6.67. The minimum atomic E-state index is -0.860. The van der Waals surface area contributed by atoms with E-state index in [9.17, 15) is 10.2 Å². The van der Waals surface area contributed by atoms with Crippen LogP contribution in [0.2, 0.25) is 0 Å². The number of nitrogens with zero attached hydrogens (tertiary/aromatic N) is 3. The zero-order valence-electron chi connectivity index (χ0n) is 14.1. The summed E-state index contributed by atoms with van der Waals surface area (Å²) in [7, 11) is 0. The van der Waals surface area contributed by atoms with Crippen molar-refractivity contribution in [1.29, 1.82) is 0 Å². The van der Waals surface area contributed by atoms with Crippen molar-refractivity contribution in [3.8, 4) is 0 Å². The molecule has 0 radical (unpaired) electrons. The lowest BCUT2D eigenvalue weighted by atomic mass is 9.95. The molecule has 6 heteroatoms. The summed E-state index contributed by atoms with van der Waals surface area (Å²) in [5.41, 5.74) is 8.86. The Kier molecular flexibility index (Phi) is 3.94.